The van der Waals surface area contributed by atoms with Crippen LogP contribution in [0.15, 0.2) is 24.3 Å². The quantitative estimate of drug-likeness (QED) is 0.858. The number of carbonyl (C=O) groups is 1. The summed E-state index contributed by atoms with van der Waals surface area (Å²) in [7, 11) is 1.57. The predicted octanol–water partition coefficient (Wildman–Crippen LogP) is 2.72. The number of hydrogen-bond acceptors (Lipinski definition) is 6. The van der Waals surface area contributed by atoms with E-state index in [1.54, 1.807) is 13.2 Å². The summed E-state index contributed by atoms with van der Waals surface area (Å²) in [4.78, 5) is 23.3. The summed E-state index contributed by atoms with van der Waals surface area (Å²) in [6.45, 7) is 5.63. The van der Waals surface area contributed by atoms with Gasteiger partial charge in [-0.1, -0.05) is 6.07 Å². The number of aryl methyl sites for hydroxylation is 2. The van der Waals surface area contributed by atoms with Crippen LogP contribution in [-0.4, -0.2) is 42.7 Å². The Bertz CT molecular complexity index is 788. The van der Waals surface area contributed by atoms with Crippen LogP contribution in [-0.2, 0) is 4.79 Å². The first kappa shape index (κ1) is 18.0. The molecule has 0 spiro atoms. The topological polar surface area (TPSA) is 76.6 Å². The van der Waals surface area contributed by atoms with Crippen molar-refractivity contribution in [1.29, 1.82) is 0 Å². The van der Waals surface area contributed by atoms with E-state index in [1.807, 2.05) is 32.0 Å². The number of rotatable bonds is 6. The van der Waals surface area contributed by atoms with Crippen LogP contribution < -0.4 is 19.7 Å². The smallest absolute Gasteiger partial charge is 0.262 e. The van der Waals surface area contributed by atoms with Gasteiger partial charge in [0, 0.05) is 24.8 Å². The zero-order valence-corrected chi connectivity index (χ0v) is 15.4. The lowest BCUT2D eigenvalue weighted by molar-refractivity contribution is -0.118. The summed E-state index contributed by atoms with van der Waals surface area (Å²) in [6, 6.07) is 7.34. The van der Waals surface area contributed by atoms with E-state index in [4.69, 9.17) is 9.47 Å². The van der Waals surface area contributed by atoms with E-state index < -0.39 is 0 Å². The Balaban J connectivity index is 1.63. The molecular weight excluding hydrogens is 332 g/mol. The zero-order chi connectivity index (χ0) is 18.5. The second-order valence-corrected chi connectivity index (χ2v) is 6.38. The molecule has 7 nitrogen and oxygen atoms in total. The van der Waals surface area contributed by atoms with Crippen LogP contribution in [0, 0.1) is 13.8 Å². The molecule has 0 radical (unpaired) electrons. The van der Waals surface area contributed by atoms with Gasteiger partial charge in [0.25, 0.3) is 5.91 Å². The van der Waals surface area contributed by atoms with Crippen LogP contribution >= 0.6 is 0 Å². The number of ether oxygens (including phenoxy) is 2. The highest BCUT2D eigenvalue weighted by molar-refractivity contribution is 5.93. The molecule has 0 unspecified atom stereocenters. The number of carbonyl (C=O) groups excluding carboxylic acids is 1. The number of methoxy groups -OCH3 is 1. The standard InChI is InChI=1S/C19H24N4O3/c1-13-6-7-16(25-3)15(10-13)21-17(24)12-26-18-11-14(2)20-19(22-18)23-8-4-5-9-23/h6-7,10-11H,4-5,8-9,12H2,1-3H3,(H,21,24). The summed E-state index contributed by atoms with van der Waals surface area (Å²) >= 11 is 0. The zero-order valence-electron chi connectivity index (χ0n) is 15.4. The maximum atomic E-state index is 12.2. The normalized spacial score (nSPS) is 13.6. The Hall–Kier alpha value is -2.83. The van der Waals surface area contributed by atoms with Crippen molar-refractivity contribution >= 4 is 17.5 Å². The minimum absolute atomic E-state index is 0.132. The molecule has 0 atom stereocenters. The number of anilines is 2. The van der Waals surface area contributed by atoms with Gasteiger partial charge in [0.15, 0.2) is 6.61 Å². The Kier molecular flexibility index (Phi) is 5.55. The molecule has 1 N–H and O–H groups in total. The second kappa shape index (κ2) is 8.03. The number of aromatic nitrogens is 2. The summed E-state index contributed by atoms with van der Waals surface area (Å²) in [5.41, 5.74) is 2.47. The Morgan fingerprint density at radius 1 is 1.19 bits per heavy atom. The number of benzene rings is 1. The number of nitrogens with zero attached hydrogens (tertiary/aromatic N) is 3. The van der Waals surface area contributed by atoms with Gasteiger partial charge in [-0.25, -0.2) is 4.98 Å². The SMILES string of the molecule is COc1ccc(C)cc1NC(=O)COc1cc(C)nc(N2CCCC2)n1. The summed E-state index contributed by atoms with van der Waals surface area (Å²) in [5.74, 6) is 1.41. The van der Waals surface area contributed by atoms with Crippen molar-refractivity contribution in [2.75, 3.05) is 37.0 Å². The first-order valence-electron chi connectivity index (χ1n) is 8.73. The first-order valence-corrected chi connectivity index (χ1v) is 8.73. The molecule has 1 aliphatic rings. The van der Waals surface area contributed by atoms with Crippen LogP contribution in [0.1, 0.15) is 24.1 Å². The molecule has 1 saturated heterocycles. The highest BCUT2D eigenvalue weighted by Crippen LogP contribution is 2.25. The average Bonchev–Trinajstić information content (AvgIpc) is 3.14. The van der Waals surface area contributed by atoms with E-state index in [1.165, 1.54) is 0 Å². The predicted molar refractivity (Wildman–Crippen MR) is 100 cm³/mol. The van der Waals surface area contributed by atoms with Gasteiger partial charge in [0.05, 0.1) is 12.8 Å². The van der Waals surface area contributed by atoms with Gasteiger partial charge in [-0.2, -0.15) is 4.98 Å². The van der Waals surface area contributed by atoms with Crippen LogP contribution in [0.25, 0.3) is 0 Å². The fourth-order valence-electron chi connectivity index (χ4n) is 2.90. The van der Waals surface area contributed by atoms with Gasteiger partial charge in [-0.3, -0.25) is 4.79 Å². The van der Waals surface area contributed by atoms with Gasteiger partial charge >= 0.3 is 0 Å². The van der Waals surface area contributed by atoms with E-state index in [0.29, 0.717) is 23.3 Å². The molecule has 1 fully saturated rings. The Morgan fingerprint density at radius 2 is 1.96 bits per heavy atom. The third kappa shape index (κ3) is 4.41. The molecule has 0 saturated carbocycles. The van der Waals surface area contributed by atoms with E-state index in [9.17, 15) is 4.79 Å². The van der Waals surface area contributed by atoms with Gasteiger partial charge in [-0.15, -0.1) is 0 Å². The van der Waals surface area contributed by atoms with Crippen LogP contribution in [0.5, 0.6) is 11.6 Å². The van der Waals surface area contributed by atoms with Crippen LogP contribution in [0.4, 0.5) is 11.6 Å². The first-order chi connectivity index (χ1) is 12.5. The minimum Gasteiger partial charge on any atom is -0.495 e. The van der Waals surface area contributed by atoms with E-state index >= 15 is 0 Å². The van der Waals surface area contributed by atoms with Gasteiger partial charge in [0.2, 0.25) is 11.8 Å². The van der Waals surface area contributed by atoms with Crippen molar-refractivity contribution in [3.05, 3.63) is 35.5 Å². The van der Waals surface area contributed by atoms with E-state index in [0.717, 1.165) is 37.2 Å². The molecule has 0 bridgehead atoms. The Labute approximate surface area is 153 Å². The van der Waals surface area contributed by atoms with Crippen molar-refractivity contribution in [3.8, 4) is 11.6 Å². The maximum absolute atomic E-state index is 12.2. The van der Waals surface area contributed by atoms with E-state index in [2.05, 4.69) is 20.2 Å². The van der Waals surface area contributed by atoms with Gasteiger partial charge < -0.3 is 19.7 Å². The highest BCUT2D eigenvalue weighted by Gasteiger charge is 2.17. The molecule has 26 heavy (non-hydrogen) atoms. The van der Waals surface area contributed by atoms with E-state index in [-0.39, 0.29) is 12.5 Å². The molecule has 7 heteroatoms. The van der Waals surface area contributed by atoms with Gasteiger partial charge in [-0.05, 0) is 44.4 Å². The number of nitrogens with one attached hydrogen (secondary N) is 1. The van der Waals surface area contributed by atoms with Crippen molar-refractivity contribution in [3.63, 3.8) is 0 Å². The van der Waals surface area contributed by atoms with Crippen molar-refractivity contribution in [2.24, 2.45) is 0 Å². The molecule has 1 aliphatic heterocycles. The molecule has 0 aliphatic carbocycles. The van der Waals surface area contributed by atoms with Gasteiger partial charge in [0.1, 0.15) is 5.75 Å². The number of amides is 1. The lowest BCUT2D eigenvalue weighted by Crippen LogP contribution is -2.23. The maximum Gasteiger partial charge on any atom is 0.262 e. The fourth-order valence-corrected chi connectivity index (χ4v) is 2.90. The molecule has 138 valence electrons. The average molecular weight is 356 g/mol. The summed E-state index contributed by atoms with van der Waals surface area (Å²) in [6.07, 6.45) is 2.29. The highest BCUT2D eigenvalue weighted by atomic mass is 16.5. The molecule has 3 rings (SSSR count). The van der Waals surface area contributed by atoms with Crippen molar-refractivity contribution in [1.82, 2.24) is 9.97 Å². The third-order valence-electron chi connectivity index (χ3n) is 4.19. The Morgan fingerprint density at radius 3 is 2.69 bits per heavy atom. The summed E-state index contributed by atoms with van der Waals surface area (Å²) < 4.78 is 10.9. The van der Waals surface area contributed by atoms with Crippen molar-refractivity contribution in [2.45, 2.75) is 26.7 Å². The lowest BCUT2D eigenvalue weighted by Gasteiger charge is -2.16. The molecular formula is C19H24N4O3. The fraction of sp³-hybridized carbons (Fsp3) is 0.421. The largest absolute Gasteiger partial charge is 0.495 e. The molecule has 1 aromatic heterocycles. The third-order valence-corrected chi connectivity index (χ3v) is 4.19. The summed E-state index contributed by atoms with van der Waals surface area (Å²) in [5, 5.41) is 2.81. The molecule has 1 amide bonds. The van der Waals surface area contributed by atoms with Crippen LogP contribution in [0.2, 0.25) is 0 Å². The minimum atomic E-state index is -0.270. The van der Waals surface area contributed by atoms with Crippen LogP contribution in [0.3, 0.4) is 0 Å². The van der Waals surface area contributed by atoms with Crippen molar-refractivity contribution < 1.29 is 14.3 Å². The molecule has 1 aromatic carbocycles. The second-order valence-electron chi connectivity index (χ2n) is 6.38. The lowest BCUT2D eigenvalue weighted by atomic mass is 10.2. The molecule has 2 heterocycles. The molecule has 2 aromatic rings. The monoisotopic (exact) mass is 356 g/mol. The number of hydrogen-bond donors (Lipinski definition) is 1.